The van der Waals surface area contributed by atoms with Crippen LogP contribution in [-0.2, 0) is 22.7 Å². The number of carbonyl (C=O) groups excluding carboxylic acids is 1. The van der Waals surface area contributed by atoms with Crippen LogP contribution >= 0.6 is 11.3 Å². The van der Waals surface area contributed by atoms with Gasteiger partial charge in [0.15, 0.2) is 0 Å². The standard InChI is InChI=1S/C19H24N4O2S/c1-14-21-16(13-26-14)12-25-9-7-18-11-22(10-17-6-8-20-23(17)18)19(24)15-4-2-3-5-15/h2-3,6,8,13,15,18H,4-5,7,9-12H2,1H3. The van der Waals surface area contributed by atoms with Crippen molar-refractivity contribution in [3.05, 3.63) is 46.2 Å². The molecular formula is C19H24N4O2S. The highest BCUT2D eigenvalue weighted by molar-refractivity contribution is 7.09. The molecule has 1 aliphatic heterocycles. The number of aromatic nitrogens is 3. The number of hydrogen-bond donors (Lipinski definition) is 0. The average molecular weight is 372 g/mol. The molecular weight excluding hydrogens is 348 g/mol. The van der Waals surface area contributed by atoms with Gasteiger partial charge in [-0.1, -0.05) is 12.2 Å². The van der Waals surface area contributed by atoms with Gasteiger partial charge in [0.2, 0.25) is 5.91 Å². The number of hydrogen-bond acceptors (Lipinski definition) is 5. The molecule has 0 radical (unpaired) electrons. The SMILES string of the molecule is Cc1nc(COCCC2CN(C(=O)C3CC=CC3)Cc3ccnn32)cs1. The Balaban J connectivity index is 1.34. The molecule has 0 saturated heterocycles. The van der Waals surface area contributed by atoms with Gasteiger partial charge in [0.25, 0.3) is 0 Å². The van der Waals surface area contributed by atoms with Gasteiger partial charge in [-0.05, 0) is 32.3 Å². The van der Waals surface area contributed by atoms with E-state index in [1.165, 1.54) is 0 Å². The maximum Gasteiger partial charge on any atom is 0.226 e. The number of rotatable bonds is 6. The fraction of sp³-hybridized carbons (Fsp3) is 0.526. The van der Waals surface area contributed by atoms with Gasteiger partial charge in [-0.3, -0.25) is 9.48 Å². The van der Waals surface area contributed by atoms with E-state index in [2.05, 4.69) is 26.9 Å². The molecule has 138 valence electrons. The molecule has 1 atom stereocenters. The third-order valence-electron chi connectivity index (χ3n) is 5.06. The molecule has 2 aliphatic rings. The molecule has 2 aromatic heterocycles. The zero-order chi connectivity index (χ0) is 17.9. The first kappa shape index (κ1) is 17.4. The highest BCUT2D eigenvalue weighted by Crippen LogP contribution is 2.27. The third kappa shape index (κ3) is 3.73. The quantitative estimate of drug-likeness (QED) is 0.577. The van der Waals surface area contributed by atoms with Crippen molar-refractivity contribution < 1.29 is 9.53 Å². The van der Waals surface area contributed by atoms with E-state index in [0.29, 0.717) is 26.3 Å². The molecule has 2 aromatic rings. The molecule has 0 saturated carbocycles. The van der Waals surface area contributed by atoms with Gasteiger partial charge in [-0.2, -0.15) is 5.10 Å². The van der Waals surface area contributed by atoms with Crippen molar-refractivity contribution >= 4 is 17.2 Å². The molecule has 4 rings (SSSR count). The molecule has 1 amide bonds. The molecule has 7 heteroatoms. The maximum absolute atomic E-state index is 12.8. The normalized spacial score (nSPS) is 19.9. The summed E-state index contributed by atoms with van der Waals surface area (Å²) in [7, 11) is 0. The smallest absolute Gasteiger partial charge is 0.226 e. The van der Waals surface area contributed by atoms with E-state index in [1.54, 1.807) is 11.3 Å². The molecule has 0 bridgehead atoms. The van der Waals surface area contributed by atoms with Crippen LogP contribution in [-0.4, -0.2) is 38.7 Å². The molecule has 0 aromatic carbocycles. The van der Waals surface area contributed by atoms with Crippen LogP contribution in [0, 0.1) is 12.8 Å². The predicted octanol–water partition coefficient (Wildman–Crippen LogP) is 3.10. The van der Waals surface area contributed by atoms with Crippen molar-refractivity contribution in [2.75, 3.05) is 13.2 Å². The summed E-state index contributed by atoms with van der Waals surface area (Å²) < 4.78 is 7.88. The number of carbonyl (C=O) groups is 1. The number of nitrogens with zero attached hydrogens (tertiary/aromatic N) is 4. The molecule has 3 heterocycles. The van der Waals surface area contributed by atoms with E-state index in [4.69, 9.17) is 4.74 Å². The first-order valence-corrected chi connectivity index (χ1v) is 10.0. The molecule has 0 spiro atoms. The summed E-state index contributed by atoms with van der Waals surface area (Å²) in [6.07, 6.45) is 8.63. The lowest BCUT2D eigenvalue weighted by atomic mass is 10.0. The molecule has 6 nitrogen and oxygen atoms in total. The Labute approximate surface area is 157 Å². The van der Waals surface area contributed by atoms with E-state index in [9.17, 15) is 4.79 Å². The van der Waals surface area contributed by atoms with Crippen LogP contribution in [0.25, 0.3) is 0 Å². The fourth-order valence-corrected chi connectivity index (χ4v) is 4.31. The van der Waals surface area contributed by atoms with Crippen LogP contribution < -0.4 is 0 Å². The van der Waals surface area contributed by atoms with Crippen molar-refractivity contribution in [1.29, 1.82) is 0 Å². The van der Waals surface area contributed by atoms with Crippen molar-refractivity contribution in [2.24, 2.45) is 5.92 Å². The Morgan fingerprint density at radius 3 is 3.00 bits per heavy atom. The zero-order valence-electron chi connectivity index (χ0n) is 15.0. The van der Waals surface area contributed by atoms with Crippen LogP contribution in [0.4, 0.5) is 0 Å². The van der Waals surface area contributed by atoms with Crippen LogP contribution in [0.5, 0.6) is 0 Å². The van der Waals surface area contributed by atoms with Gasteiger partial charge in [0, 0.05) is 30.6 Å². The summed E-state index contributed by atoms with van der Waals surface area (Å²) in [5.74, 6) is 0.389. The van der Waals surface area contributed by atoms with E-state index in [1.807, 2.05) is 29.5 Å². The lowest BCUT2D eigenvalue weighted by Crippen LogP contribution is -2.43. The van der Waals surface area contributed by atoms with Gasteiger partial charge < -0.3 is 9.64 Å². The first-order chi connectivity index (χ1) is 12.7. The van der Waals surface area contributed by atoms with Gasteiger partial charge in [-0.25, -0.2) is 4.98 Å². The Morgan fingerprint density at radius 2 is 2.23 bits per heavy atom. The lowest BCUT2D eigenvalue weighted by molar-refractivity contribution is -0.137. The van der Waals surface area contributed by atoms with Gasteiger partial charge in [0.05, 0.1) is 35.6 Å². The minimum atomic E-state index is 0.120. The van der Waals surface area contributed by atoms with E-state index in [0.717, 1.165) is 35.7 Å². The van der Waals surface area contributed by atoms with Gasteiger partial charge in [-0.15, -0.1) is 11.3 Å². The topological polar surface area (TPSA) is 60.2 Å². The Kier molecular flexibility index (Phi) is 5.17. The average Bonchev–Trinajstić information content (AvgIpc) is 3.39. The number of aryl methyl sites for hydroxylation is 1. The monoisotopic (exact) mass is 372 g/mol. The van der Waals surface area contributed by atoms with Crippen LogP contribution in [0.3, 0.4) is 0 Å². The summed E-state index contributed by atoms with van der Waals surface area (Å²) in [5.41, 5.74) is 2.09. The Morgan fingerprint density at radius 1 is 1.38 bits per heavy atom. The Bertz CT molecular complexity index is 789. The molecule has 1 aliphatic carbocycles. The first-order valence-electron chi connectivity index (χ1n) is 9.15. The molecule has 0 N–H and O–H groups in total. The van der Waals surface area contributed by atoms with Crippen molar-refractivity contribution in [3.63, 3.8) is 0 Å². The van der Waals surface area contributed by atoms with Gasteiger partial charge >= 0.3 is 0 Å². The van der Waals surface area contributed by atoms with E-state index in [-0.39, 0.29) is 17.9 Å². The van der Waals surface area contributed by atoms with Crippen LogP contribution in [0.2, 0.25) is 0 Å². The van der Waals surface area contributed by atoms with Crippen molar-refractivity contribution in [2.45, 2.75) is 45.4 Å². The number of fused-ring (bicyclic) bond motifs is 1. The number of amides is 1. The minimum absolute atomic E-state index is 0.120. The minimum Gasteiger partial charge on any atom is -0.375 e. The second kappa shape index (κ2) is 7.72. The highest BCUT2D eigenvalue weighted by atomic mass is 32.1. The third-order valence-corrected chi connectivity index (χ3v) is 5.89. The summed E-state index contributed by atoms with van der Waals surface area (Å²) in [6, 6.07) is 2.18. The fourth-order valence-electron chi connectivity index (χ4n) is 3.72. The predicted molar refractivity (Wildman–Crippen MR) is 99.7 cm³/mol. The van der Waals surface area contributed by atoms with Crippen LogP contribution in [0.15, 0.2) is 29.8 Å². The second-order valence-corrected chi connectivity index (χ2v) is 8.04. The maximum atomic E-state index is 12.8. The molecule has 1 unspecified atom stereocenters. The highest BCUT2D eigenvalue weighted by Gasteiger charge is 2.32. The Hall–Kier alpha value is -1.99. The van der Waals surface area contributed by atoms with Crippen molar-refractivity contribution in [1.82, 2.24) is 19.7 Å². The van der Waals surface area contributed by atoms with Crippen LogP contribution in [0.1, 0.15) is 41.7 Å². The number of thiazole rings is 1. The second-order valence-electron chi connectivity index (χ2n) is 6.98. The summed E-state index contributed by atoms with van der Waals surface area (Å²) >= 11 is 1.64. The number of ether oxygens (including phenoxy) is 1. The zero-order valence-corrected chi connectivity index (χ0v) is 15.8. The molecule has 26 heavy (non-hydrogen) atoms. The largest absolute Gasteiger partial charge is 0.375 e. The van der Waals surface area contributed by atoms with Crippen molar-refractivity contribution in [3.8, 4) is 0 Å². The summed E-state index contributed by atoms with van der Waals surface area (Å²) in [4.78, 5) is 19.2. The lowest BCUT2D eigenvalue weighted by Gasteiger charge is -2.35. The summed E-state index contributed by atoms with van der Waals surface area (Å²) in [5, 5.41) is 7.57. The molecule has 0 fully saturated rings. The summed E-state index contributed by atoms with van der Waals surface area (Å²) in [6.45, 7) is 4.54. The van der Waals surface area contributed by atoms with Gasteiger partial charge in [0.1, 0.15) is 0 Å². The number of allylic oxidation sites excluding steroid dienone is 2. The van der Waals surface area contributed by atoms with E-state index >= 15 is 0 Å². The van der Waals surface area contributed by atoms with E-state index < -0.39 is 0 Å².